The monoisotopic (exact) mass is 282 g/mol. The minimum Gasteiger partial charge on any atom is -0.497 e. The second-order valence-corrected chi connectivity index (χ2v) is 4.53. The number of rotatable bonds is 5. The van der Waals surface area contributed by atoms with Crippen molar-refractivity contribution in [2.24, 2.45) is 5.10 Å². The van der Waals surface area contributed by atoms with Crippen LogP contribution in [0.3, 0.4) is 0 Å². The van der Waals surface area contributed by atoms with Crippen molar-refractivity contribution in [3.05, 3.63) is 65.2 Å². The van der Waals surface area contributed by atoms with Crippen molar-refractivity contribution in [3.63, 3.8) is 0 Å². The number of hydrogen-bond acceptors (Lipinski definition) is 3. The largest absolute Gasteiger partial charge is 0.497 e. The number of aryl methyl sites for hydroxylation is 1. The number of nitrogens with one attached hydrogen (secondary N) is 1. The van der Waals surface area contributed by atoms with Crippen LogP contribution in [0, 0.1) is 0 Å². The summed E-state index contributed by atoms with van der Waals surface area (Å²) in [5.74, 6) is 0.372. The van der Waals surface area contributed by atoms with E-state index in [0.29, 0.717) is 11.3 Å². The third-order valence-electron chi connectivity index (χ3n) is 3.10. The molecule has 2 aromatic rings. The van der Waals surface area contributed by atoms with Gasteiger partial charge in [-0.3, -0.25) is 4.79 Å². The second kappa shape index (κ2) is 7.24. The van der Waals surface area contributed by atoms with Crippen molar-refractivity contribution >= 4 is 12.1 Å². The van der Waals surface area contributed by atoms with Gasteiger partial charge in [-0.2, -0.15) is 5.10 Å². The van der Waals surface area contributed by atoms with E-state index < -0.39 is 0 Å². The van der Waals surface area contributed by atoms with Gasteiger partial charge in [0, 0.05) is 5.56 Å². The van der Waals surface area contributed by atoms with Crippen molar-refractivity contribution in [3.8, 4) is 5.75 Å². The minimum atomic E-state index is -0.268. The maximum absolute atomic E-state index is 11.9. The van der Waals surface area contributed by atoms with E-state index >= 15 is 0 Å². The summed E-state index contributed by atoms with van der Waals surface area (Å²) in [7, 11) is 1.56. The third-order valence-corrected chi connectivity index (χ3v) is 3.10. The topological polar surface area (TPSA) is 50.7 Å². The molecule has 21 heavy (non-hydrogen) atoms. The maximum atomic E-state index is 11.9. The molecular formula is C17H18N2O2. The molecule has 4 heteroatoms. The fourth-order valence-corrected chi connectivity index (χ4v) is 1.83. The van der Waals surface area contributed by atoms with Gasteiger partial charge in [0.25, 0.3) is 5.91 Å². The Morgan fingerprint density at radius 3 is 2.67 bits per heavy atom. The Kier molecular flexibility index (Phi) is 5.10. The van der Waals surface area contributed by atoms with E-state index in [9.17, 15) is 4.79 Å². The zero-order chi connectivity index (χ0) is 15.1. The average molecular weight is 282 g/mol. The lowest BCUT2D eigenvalue weighted by atomic mass is 10.1. The molecule has 1 N–H and O–H groups in total. The Morgan fingerprint density at radius 1 is 1.24 bits per heavy atom. The van der Waals surface area contributed by atoms with Gasteiger partial charge in [-0.15, -0.1) is 0 Å². The molecule has 1 amide bonds. The van der Waals surface area contributed by atoms with E-state index in [-0.39, 0.29) is 5.91 Å². The highest BCUT2D eigenvalue weighted by Crippen LogP contribution is 2.12. The number of hydrazone groups is 1. The van der Waals surface area contributed by atoms with Crippen LogP contribution in [-0.4, -0.2) is 19.2 Å². The Hall–Kier alpha value is -2.62. The molecule has 0 spiro atoms. The SMILES string of the molecule is CCc1ccc(C=NNC(=O)c2cccc(OC)c2)cc1. The van der Waals surface area contributed by atoms with Crippen molar-refractivity contribution in [1.29, 1.82) is 0 Å². The van der Waals surface area contributed by atoms with Crippen LogP contribution in [0.2, 0.25) is 0 Å². The molecule has 0 aliphatic rings. The van der Waals surface area contributed by atoms with Gasteiger partial charge in [-0.1, -0.05) is 37.3 Å². The predicted molar refractivity (Wildman–Crippen MR) is 83.9 cm³/mol. The van der Waals surface area contributed by atoms with Gasteiger partial charge >= 0.3 is 0 Å². The summed E-state index contributed by atoms with van der Waals surface area (Å²) in [5.41, 5.74) is 5.22. The molecule has 0 fully saturated rings. The minimum absolute atomic E-state index is 0.268. The molecule has 0 aliphatic heterocycles. The Labute approximate surface area is 124 Å². The van der Waals surface area contributed by atoms with Crippen LogP contribution < -0.4 is 10.2 Å². The lowest BCUT2D eigenvalue weighted by molar-refractivity contribution is 0.0955. The Balaban J connectivity index is 1.97. The predicted octanol–water partition coefficient (Wildman–Crippen LogP) is 3.02. The number of hydrogen-bond donors (Lipinski definition) is 1. The standard InChI is InChI=1S/C17H18N2O2/c1-3-13-7-9-14(10-8-13)12-18-19-17(20)15-5-4-6-16(11-15)21-2/h4-12H,3H2,1-2H3,(H,19,20). The summed E-state index contributed by atoms with van der Waals surface area (Å²) < 4.78 is 5.08. The molecule has 2 rings (SSSR count). The molecule has 0 aliphatic carbocycles. The summed E-state index contributed by atoms with van der Waals surface area (Å²) >= 11 is 0. The van der Waals surface area contributed by atoms with E-state index in [4.69, 9.17) is 4.74 Å². The highest BCUT2D eigenvalue weighted by Gasteiger charge is 2.04. The van der Waals surface area contributed by atoms with Crippen LogP contribution in [0.4, 0.5) is 0 Å². The summed E-state index contributed by atoms with van der Waals surface area (Å²) in [6, 6.07) is 15.0. The van der Waals surface area contributed by atoms with E-state index in [1.807, 2.05) is 24.3 Å². The van der Waals surface area contributed by atoms with Crippen molar-refractivity contribution in [2.75, 3.05) is 7.11 Å². The summed E-state index contributed by atoms with van der Waals surface area (Å²) in [6.07, 6.45) is 2.63. The van der Waals surface area contributed by atoms with Gasteiger partial charge < -0.3 is 4.74 Å². The maximum Gasteiger partial charge on any atom is 0.271 e. The molecule has 0 unspecified atom stereocenters. The smallest absolute Gasteiger partial charge is 0.271 e. The van der Waals surface area contributed by atoms with Gasteiger partial charge in [-0.05, 0) is 35.7 Å². The van der Waals surface area contributed by atoms with Crippen LogP contribution in [0.25, 0.3) is 0 Å². The van der Waals surface area contributed by atoms with E-state index in [1.165, 1.54) is 5.56 Å². The Morgan fingerprint density at radius 2 is 2.00 bits per heavy atom. The second-order valence-electron chi connectivity index (χ2n) is 4.53. The molecule has 0 saturated heterocycles. The van der Waals surface area contributed by atoms with Gasteiger partial charge in [-0.25, -0.2) is 5.43 Å². The number of nitrogens with zero attached hydrogens (tertiary/aromatic N) is 1. The van der Waals surface area contributed by atoms with E-state index in [0.717, 1.165) is 12.0 Å². The number of amides is 1. The number of carbonyl (C=O) groups excluding carboxylic acids is 1. The fourth-order valence-electron chi connectivity index (χ4n) is 1.83. The lowest BCUT2D eigenvalue weighted by Gasteiger charge is -2.03. The molecule has 0 atom stereocenters. The van der Waals surface area contributed by atoms with Gasteiger partial charge in [0.2, 0.25) is 0 Å². The molecule has 108 valence electrons. The zero-order valence-corrected chi connectivity index (χ0v) is 12.2. The van der Waals surface area contributed by atoms with Crippen LogP contribution in [0.5, 0.6) is 5.75 Å². The van der Waals surface area contributed by atoms with Crippen molar-refractivity contribution < 1.29 is 9.53 Å². The number of carbonyl (C=O) groups is 1. The molecular weight excluding hydrogens is 264 g/mol. The van der Waals surface area contributed by atoms with Crippen LogP contribution in [0.1, 0.15) is 28.4 Å². The first-order chi connectivity index (χ1) is 10.2. The van der Waals surface area contributed by atoms with E-state index in [2.05, 4.69) is 17.5 Å². The van der Waals surface area contributed by atoms with Crippen LogP contribution >= 0.6 is 0 Å². The average Bonchev–Trinajstić information content (AvgIpc) is 2.55. The molecule has 0 heterocycles. The van der Waals surface area contributed by atoms with Gasteiger partial charge in [0.1, 0.15) is 5.75 Å². The van der Waals surface area contributed by atoms with Crippen molar-refractivity contribution in [1.82, 2.24) is 5.43 Å². The molecule has 0 aromatic heterocycles. The van der Waals surface area contributed by atoms with E-state index in [1.54, 1.807) is 37.6 Å². The van der Waals surface area contributed by atoms with Gasteiger partial charge in [0.05, 0.1) is 13.3 Å². The first-order valence-corrected chi connectivity index (χ1v) is 6.79. The normalized spacial score (nSPS) is 10.6. The summed E-state index contributed by atoms with van der Waals surface area (Å²) in [4.78, 5) is 11.9. The van der Waals surface area contributed by atoms with Crippen LogP contribution in [-0.2, 0) is 6.42 Å². The van der Waals surface area contributed by atoms with Crippen LogP contribution in [0.15, 0.2) is 53.6 Å². The molecule has 0 saturated carbocycles. The highest BCUT2D eigenvalue weighted by atomic mass is 16.5. The highest BCUT2D eigenvalue weighted by molar-refractivity contribution is 5.95. The number of benzene rings is 2. The molecule has 2 aromatic carbocycles. The lowest BCUT2D eigenvalue weighted by Crippen LogP contribution is -2.17. The Bertz CT molecular complexity index is 633. The summed E-state index contributed by atoms with van der Waals surface area (Å²) in [6.45, 7) is 2.11. The molecule has 0 bridgehead atoms. The first-order valence-electron chi connectivity index (χ1n) is 6.79. The quantitative estimate of drug-likeness (QED) is 0.677. The molecule has 0 radical (unpaired) electrons. The number of ether oxygens (including phenoxy) is 1. The van der Waals surface area contributed by atoms with Crippen molar-refractivity contribution in [2.45, 2.75) is 13.3 Å². The molecule has 4 nitrogen and oxygen atoms in total. The zero-order valence-electron chi connectivity index (χ0n) is 12.2. The summed E-state index contributed by atoms with van der Waals surface area (Å²) in [5, 5.41) is 3.96. The third kappa shape index (κ3) is 4.18. The number of methoxy groups -OCH3 is 1. The first kappa shape index (κ1) is 14.8. The fraction of sp³-hybridized carbons (Fsp3) is 0.176. The van der Waals surface area contributed by atoms with Gasteiger partial charge in [0.15, 0.2) is 0 Å².